The molecule has 18 heavy (non-hydrogen) atoms. The number of unbranched alkanes of at least 4 members (excludes halogenated alkanes) is 1. The van der Waals surface area contributed by atoms with Gasteiger partial charge in [-0.3, -0.25) is 0 Å². The van der Waals surface area contributed by atoms with E-state index in [0.29, 0.717) is 0 Å². The van der Waals surface area contributed by atoms with Crippen LogP contribution < -0.4 is 0 Å². The zero-order valence-corrected chi connectivity index (χ0v) is 10.9. The van der Waals surface area contributed by atoms with Gasteiger partial charge in [0.1, 0.15) is 11.9 Å². The minimum absolute atomic E-state index is 0.203. The second-order valence-corrected chi connectivity index (χ2v) is 4.97. The van der Waals surface area contributed by atoms with Gasteiger partial charge in [-0.25, -0.2) is 4.98 Å². The van der Waals surface area contributed by atoms with Gasteiger partial charge in [0.25, 0.3) is 0 Å². The number of fused-ring (bicyclic) bond motifs is 1. The predicted molar refractivity (Wildman–Crippen MR) is 72.6 cm³/mol. The standard InChI is InChI=1S/C15H20N2O/c1-2-3-10-17-13-8-5-4-7-12(13)16-15(17)14-9-6-11-18-14/h4-5,7-8,14H,2-3,6,9-11H2,1H3. The number of hydrogen-bond acceptors (Lipinski definition) is 2. The maximum Gasteiger partial charge on any atom is 0.139 e. The van der Waals surface area contributed by atoms with E-state index in [2.05, 4.69) is 35.8 Å². The van der Waals surface area contributed by atoms with Crippen LogP contribution in [-0.2, 0) is 11.3 Å². The van der Waals surface area contributed by atoms with Crippen molar-refractivity contribution in [1.29, 1.82) is 0 Å². The highest BCUT2D eigenvalue weighted by Gasteiger charge is 2.24. The van der Waals surface area contributed by atoms with Crippen molar-refractivity contribution in [2.24, 2.45) is 0 Å². The van der Waals surface area contributed by atoms with Gasteiger partial charge in [0.2, 0.25) is 0 Å². The second-order valence-electron chi connectivity index (χ2n) is 4.97. The highest BCUT2D eigenvalue weighted by atomic mass is 16.5. The van der Waals surface area contributed by atoms with E-state index in [9.17, 15) is 0 Å². The van der Waals surface area contributed by atoms with Crippen LogP contribution in [0, 0.1) is 0 Å². The van der Waals surface area contributed by atoms with Gasteiger partial charge in [-0.2, -0.15) is 0 Å². The molecule has 1 saturated heterocycles. The largest absolute Gasteiger partial charge is 0.370 e. The van der Waals surface area contributed by atoms with Crippen LogP contribution in [0.2, 0.25) is 0 Å². The van der Waals surface area contributed by atoms with Crippen LogP contribution in [0.5, 0.6) is 0 Å². The summed E-state index contributed by atoms with van der Waals surface area (Å²) < 4.78 is 8.16. The number of imidazole rings is 1. The van der Waals surface area contributed by atoms with Crippen molar-refractivity contribution in [3.05, 3.63) is 30.1 Å². The molecule has 2 heterocycles. The summed E-state index contributed by atoms with van der Waals surface area (Å²) in [5.74, 6) is 1.13. The zero-order valence-electron chi connectivity index (χ0n) is 10.9. The maximum atomic E-state index is 5.81. The van der Waals surface area contributed by atoms with Gasteiger partial charge < -0.3 is 9.30 Å². The maximum absolute atomic E-state index is 5.81. The van der Waals surface area contributed by atoms with Crippen LogP contribution in [0.3, 0.4) is 0 Å². The first-order chi connectivity index (χ1) is 8.90. The first-order valence-electron chi connectivity index (χ1n) is 6.97. The summed E-state index contributed by atoms with van der Waals surface area (Å²) in [6, 6.07) is 8.40. The average Bonchev–Trinajstić information content (AvgIpc) is 3.03. The molecule has 1 aliphatic heterocycles. The monoisotopic (exact) mass is 244 g/mol. The normalized spacial score (nSPS) is 19.7. The van der Waals surface area contributed by atoms with E-state index in [1.807, 2.05) is 0 Å². The molecule has 0 radical (unpaired) electrons. The minimum atomic E-state index is 0.203. The summed E-state index contributed by atoms with van der Waals surface area (Å²) in [5, 5.41) is 0. The Morgan fingerprint density at radius 3 is 3.06 bits per heavy atom. The quantitative estimate of drug-likeness (QED) is 0.820. The van der Waals surface area contributed by atoms with E-state index < -0.39 is 0 Å². The summed E-state index contributed by atoms with van der Waals surface area (Å²) in [7, 11) is 0. The summed E-state index contributed by atoms with van der Waals surface area (Å²) in [4.78, 5) is 4.79. The first kappa shape index (κ1) is 11.7. The number of aryl methyl sites for hydroxylation is 1. The number of nitrogens with zero attached hydrogens (tertiary/aromatic N) is 2. The van der Waals surface area contributed by atoms with Crippen molar-refractivity contribution < 1.29 is 4.74 Å². The van der Waals surface area contributed by atoms with E-state index in [-0.39, 0.29) is 6.10 Å². The molecule has 2 aromatic rings. The van der Waals surface area contributed by atoms with Crippen molar-refractivity contribution in [3.8, 4) is 0 Å². The molecule has 0 aliphatic carbocycles. The lowest BCUT2D eigenvalue weighted by Crippen LogP contribution is -2.08. The Morgan fingerprint density at radius 2 is 2.28 bits per heavy atom. The van der Waals surface area contributed by atoms with Crippen LogP contribution >= 0.6 is 0 Å². The van der Waals surface area contributed by atoms with Gasteiger partial charge in [0, 0.05) is 13.2 Å². The Labute approximate surface area is 108 Å². The molecule has 0 saturated carbocycles. The van der Waals surface area contributed by atoms with Gasteiger partial charge in [-0.15, -0.1) is 0 Å². The lowest BCUT2D eigenvalue weighted by molar-refractivity contribution is 0.102. The highest BCUT2D eigenvalue weighted by molar-refractivity contribution is 5.76. The molecule has 0 N–H and O–H groups in total. The third-order valence-electron chi connectivity index (χ3n) is 3.64. The Bertz CT molecular complexity index is 526. The third-order valence-corrected chi connectivity index (χ3v) is 3.64. The lowest BCUT2D eigenvalue weighted by atomic mass is 10.2. The second kappa shape index (κ2) is 5.11. The zero-order chi connectivity index (χ0) is 12.4. The number of benzene rings is 1. The van der Waals surface area contributed by atoms with Gasteiger partial charge in [0.15, 0.2) is 0 Å². The molecule has 1 aliphatic rings. The molecule has 1 aromatic carbocycles. The molecular formula is C15H20N2O. The molecule has 1 aromatic heterocycles. The van der Waals surface area contributed by atoms with Crippen molar-refractivity contribution >= 4 is 11.0 Å². The highest BCUT2D eigenvalue weighted by Crippen LogP contribution is 2.30. The van der Waals surface area contributed by atoms with E-state index in [1.165, 1.54) is 18.4 Å². The minimum Gasteiger partial charge on any atom is -0.370 e. The summed E-state index contributed by atoms with van der Waals surface area (Å²) in [6.07, 6.45) is 4.86. The van der Waals surface area contributed by atoms with Gasteiger partial charge >= 0.3 is 0 Å². The van der Waals surface area contributed by atoms with E-state index in [4.69, 9.17) is 9.72 Å². The Kier molecular flexibility index (Phi) is 3.33. The van der Waals surface area contributed by atoms with Crippen molar-refractivity contribution in [2.75, 3.05) is 6.61 Å². The van der Waals surface area contributed by atoms with Crippen molar-refractivity contribution in [2.45, 2.75) is 45.3 Å². The first-order valence-corrected chi connectivity index (χ1v) is 6.97. The van der Waals surface area contributed by atoms with Crippen LogP contribution in [-0.4, -0.2) is 16.2 Å². The molecule has 3 heteroatoms. The molecule has 1 unspecified atom stereocenters. The van der Waals surface area contributed by atoms with E-state index in [1.54, 1.807) is 0 Å². The van der Waals surface area contributed by atoms with Gasteiger partial charge in [-0.05, 0) is 31.4 Å². The molecule has 96 valence electrons. The Balaban J connectivity index is 2.04. The fraction of sp³-hybridized carbons (Fsp3) is 0.533. The molecule has 0 spiro atoms. The summed E-state index contributed by atoms with van der Waals surface area (Å²) >= 11 is 0. The van der Waals surface area contributed by atoms with E-state index >= 15 is 0 Å². The van der Waals surface area contributed by atoms with Gasteiger partial charge in [-0.1, -0.05) is 25.5 Å². The number of ether oxygens (including phenoxy) is 1. The molecule has 1 fully saturated rings. The van der Waals surface area contributed by atoms with Crippen molar-refractivity contribution in [1.82, 2.24) is 9.55 Å². The Hall–Kier alpha value is -1.35. The fourth-order valence-electron chi connectivity index (χ4n) is 2.67. The molecular weight excluding hydrogens is 224 g/mol. The molecule has 3 rings (SSSR count). The van der Waals surface area contributed by atoms with E-state index in [0.717, 1.165) is 37.3 Å². The average molecular weight is 244 g/mol. The molecule has 3 nitrogen and oxygen atoms in total. The number of hydrogen-bond donors (Lipinski definition) is 0. The number of rotatable bonds is 4. The van der Waals surface area contributed by atoms with Gasteiger partial charge in [0.05, 0.1) is 11.0 Å². The molecule has 0 amide bonds. The summed E-state index contributed by atoms with van der Waals surface area (Å²) in [6.45, 7) is 4.15. The predicted octanol–water partition coefficient (Wildman–Crippen LogP) is 3.69. The number of para-hydroxylation sites is 2. The molecule has 1 atom stereocenters. The SMILES string of the molecule is CCCCn1c(C2CCCO2)nc2ccccc21. The third kappa shape index (κ3) is 2.03. The molecule has 0 bridgehead atoms. The van der Waals surface area contributed by atoms with Crippen LogP contribution in [0.1, 0.15) is 44.5 Å². The van der Waals surface area contributed by atoms with Crippen LogP contribution in [0.4, 0.5) is 0 Å². The number of aromatic nitrogens is 2. The lowest BCUT2D eigenvalue weighted by Gasteiger charge is -2.13. The topological polar surface area (TPSA) is 27.1 Å². The van der Waals surface area contributed by atoms with Crippen molar-refractivity contribution in [3.63, 3.8) is 0 Å². The fourth-order valence-corrected chi connectivity index (χ4v) is 2.67. The van der Waals surface area contributed by atoms with Crippen LogP contribution in [0.25, 0.3) is 11.0 Å². The Morgan fingerprint density at radius 1 is 1.39 bits per heavy atom. The van der Waals surface area contributed by atoms with Crippen LogP contribution in [0.15, 0.2) is 24.3 Å². The smallest absolute Gasteiger partial charge is 0.139 e. The summed E-state index contributed by atoms with van der Waals surface area (Å²) in [5.41, 5.74) is 2.34.